The molecule has 0 aromatic carbocycles. The standard InChI is InChI=1S/C12H18N2O2S/c1-7-4-3-5-9(7)6-13-11-10(12(15)16)8(2)14-17-11/h7,9,13H,3-6H2,1-2H3,(H,15,16). The molecule has 4 nitrogen and oxygen atoms in total. The van der Waals surface area contributed by atoms with Crippen LogP contribution < -0.4 is 5.32 Å². The summed E-state index contributed by atoms with van der Waals surface area (Å²) < 4.78 is 4.10. The van der Waals surface area contributed by atoms with Gasteiger partial charge in [0.2, 0.25) is 0 Å². The SMILES string of the molecule is Cc1nsc(NCC2CCCC2C)c1C(=O)O. The molecule has 2 unspecified atom stereocenters. The predicted octanol–water partition coefficient (Wildman–Crippen LogP) is 3.00. The Morgan fingerprint density at radius 2 is 2.35 bits per heavy atom. The van der Waals surface area contributed by atoms with Crippen LogP contribution in [0, 0.1) is 18.8 Å². The molecule has 0 bridgehead atoms. The van der Waals surface area contributed by atoms with Crippen LogP contribution >= 0.6 is 11.5 Å². The van der Waals surface area contributed by atoms with E-state index in [1.54, 1.807) is 6.92 Å². The molecule has 0 aliphatic heterocycles. The molecule has 2 atom stereocenters. The molecule has 1 aliphatic carbocycles. The van der Waals surface area contributed by atoms with E-state index in [1.165, 1.54) is 30.8 Å². The van der Waals surface area contributed by atoms with Crippen molar-refractivity contribution in [2.24, 2.45) is 11.8 Å². The van der Waals surface area contributed by atoms with Gasteiger partial charge in [0.25, 0.3) is 0 Å². The number of rotatable bonds is 4. The Morgan fingerprint density at radius 1 is 1.59 bits per heavy atom. The van der Waals surface area contributed by atoms with Crippen LogP contribution in [0.25, 0.3) is 0 Å². The topological polar surface area (TPSA) is 62.2 Å². The maximum absolute atomic E-state index is 11.1. The molecule has 2 rings (SSSR count). The minimum atomic E-state index is -0.891. The first-order valence-electron chi connectivity index (χ1n) is 6.03. The van der Waals surface area contributed by atoms with Gasteiger partial charge in [-0.25, -0.2) is 4.79 Å². The first kappa shape index (κ1) is 12.4. The normalized spacial score (nSPS) is 23.9. The highest BCUT2D eigenvalue weighted by Crippen LogP contribution is 2.32. The zero-order valence-electron chi connectivity index (χ0n) is 10.2. The average molecular weight is 254 g/mol. The Bertz CT molecular complexity index is 417. The molecule has 5 heteroatoms. The van der Waals surface area contributed by atoms with Gasteiger partial charge in [-0.1, -0.05) is 19.8 Å². The molecule has 0 spiro atoms. The Kier molecular flexibility index (Phi) is 3.66. The fourth-order valence-electron chi connectivity index (χ4n) is 2.49. The minimum Gasteiger partial charge on any atom is -0.478 e. The lowest BCUT2D eigenvalue weighted by atomic mass is 9.98. The molecule has 0 saturated heterocycles. The number of nitrogens with one attached hydrogen (secondary N) is 1. The maximum atomic E-state index is 11.1. The van der Waals surface area contributed by atoms with Crippen molar-refractivity contribution in [1.82, 2.24) is 4.37 Å². The monoisotopic (exact) mass is 254 g/mol. The van der Waals surface area contributed by atoms with E-state index in [0.717, 1.165) is 12.5 Å². The van der Waals surface area contributed by atoms with Crippen molar-refractivity contribution < 1.29 is 9.90 Å². The van der Waals surface area contributed by atoms with E-state index < -0.39 is 5.97 Å². The van der Waals surface area contributed by atoms with Crippen LogP contribution in [0.5, 0.6) is 0 Å². The van der Waals surface area contributed by atoms with Crippen LogP contribution in [0.2, 0.25) is 0 Å². The van der Waals surface area contributed by atoms with Crippen molar-refractivity contribution in [2.45, 2.75) is 33.1 Å². The second kappa shape index (κ2) is 5.04. The highest BCUT2D eigenvalue weighted by Gasteiger charge is 2.24. The Morgan fingerprint density at radius 3 is 2.94 bits per heavy atom. The zero-order chi connectivity index (χ0) is 12.4. The third-order valence-corrected chi connectivity index (χ3v) is 4.54. The molecule has 1 aliphatic rings. The summed E-state index contributed by atoms with van der Waals surface area (Å²) in [6.07, 6.45) is 3.83. The number of anilines is 1. The quantitative estimate of drug-likeness (QED) is 0.867. The van der Waals surface area contributed by atoms with Gasteiger partial charge in [-0.15, -0.1) is 0 Å². The van der Waals surface area contributed by atoms with Crippen molar-refractivity contribution in [3.63, 3.8) is 0 Å². The summed E-state index contributed by atoms with van der Waals surface area (Å²) in [4.78, 5) is 11.1. The Labute approximate surface area is 105 Å². The fourth-order valence-corrected chi connectivity index (χ4v) is 3.29. The molecule has 2 N–H and O–H groups in total. The van der Waals surface area contributed by atoms with Crippen molar-refractivity contribution in [1.29, 1.82) is 0 Å². The fraction of sp³-hybridized carbons (Fsp3) is 0.667. The summed E-state index contributed by atoms with van der Waals surface area (Å²) in [7, 11) is 0. The van der Waals surface area contributed by atoms with Crippen LogP contribution in [-0.2, 0) is 0 Å². The van der Waals surface area contributed by atoms with Crippen molar-refractivity contribution in [3.05, 3.63) is 11.3 Å². The Hall–Kier alpha value is -1.10. The molecule has 94 valence electrons. The molecule has 0 amide bonds. The van der Waals surface area contributed by atoms with E-state index >= 15 is 0 Å². The van der Waals surface area contributed by atoms with E-state index in [1.807, 2.05) is 0 Å². The summed E-state index contributed by atoms with van der Waals surface area (Å²) in [5, 5.41) is 13.1. The molecular weight excluding hydrogens is 236 g/mol. The number of aryl methyl sites for hydroxylation is 1. The van der Waals surface area contributed by atoms with Crippen molar-refractivity contribution >= 4 is 22.5 Å². The highest BCUT2D eigenvalue weighted by atomic mass is 32.1. The lowest BCUT2D eigenvalue weighted by Gasteiger charge is -2.15. The summed E-state index contributed by atoms with van der Waals surface area (Å²) in [5.74, 6) is 0.516. The van der Waals surface area contributed by atoms with Gasteiger partial charge in [-0.05, 0) is 36.7 Å². The minimum absolute atomic E-state index is 0.334. The first-order valence-corrected chi connectivity index (χ1v) is 6.80. The van der Waals surface area contributed by atoms with E-state index in [2.05, 4.69) is 16.6 Å². The van der Waals surface area contributed by atoms with Gasteiger partial charge in [0, 0.05) is 6.54 Å². The third kappa shape index (κ3) is 2.60. The van der Waals surface area contributed by atoms with Crippen LogP contribution in [0.15, 0.2) is 0 Å². The summed E-state index contributed by atoms with van der Waals surface area (Å²) in [6.45, 7) is 4.88. The van der Waals surface area contributed by atoms with E-state index in [4.69, 9.17) is 5.11 Å². The average Bonchev–Trinajstić information content (AvgIpc) is 2.82. The summed E-state index contributed by atoms with van der Waals surface area (Å²) >= 11 is 1.25. The van der Waals surface area contributed by atoms with Gasteiger partial charge >= 0.3 is 5.97 Å². The zero-order valence-corrected chi connectivity index (χ0v) is 11.0. The van der Waals surface area contributed by atoms with E-state index in [-0.39, 0.29) is 0 Å². The second-order valence-corrected chi connectivity index (χ2v) is 5.60. The maximum Gasteiger partial charge on any atom is 0.340 e. The highest BCUT2D eigenvalue weighted by molar-refractivity contribution is 7.10. The van der Waals surface area contributed by atoms with Crippen LogP contribution in [0.1, 0.15) is 42.2 Å². The van der Waals surface area contributed by atoms with Gasteiger partial charge in [0.05, 0.1) is 5.69 Å². The number of carbonyl (C=O) groups is 1. The predicted molar refractivity (Wildman–Crippen MR) is 68.8 cm³/mol. The number of hydrogen-bond donors (Lipinski definition) is 2. The summed E-state index contributed by atoms with van der Waals surface area (Å²) in [6, 6.07) is 0. The van der Waals surface area contributed by atoms with Crippen LogP contribution in [0.4, 0.5) is 5.00 Å². The molecule has 1 aromatic rings. The van der Waals surface area contributed by atoms with Crippen molar-refractivity contribution in [3.8, 4) is 0 Å². The number of aromatic nitrogens is 1. The molecular formula is C12H18N2O2S. The molecule has 1 heterocycles. The van der Waals surface area contributed by atoms with E-state index in [0.29, 0.717) is 22.2 Å². The van der Waals surface area contributed by atoms with Gasteiger partial charge in [0.15, 0.2) is 0 Å². The summed E-state index contributed by atoms with van der Waals surface area (Å²) in [5.41, 5.74) is 0.935. The number of carboxylic acids is 1. The van der Waals surface area contributed by atoms with E-state index in [9.17, 15) is 4.79 Å². The van der Waals surface area contributed by atoms with Gasteiger partial charge in [-0.2, -0.15) is 4.37 Å². The van der Waals surface area contributed by atoms with Crippen LogP contribution in [-0.4, -0.2) is 22.0 Å². The molecule has 0 radical (unpaired) electrons. The van der Waals surface area contributed by atoms with Gasteiger partial charge in [0.1, 0.15) is 10.6 Å². The molecule has 1 saturated carbocycles. The molecule has 1 fully saturated rings. The van der Waals surface area contributed by atoms with Gasteiger partial charge in [-0.3, -0.25) is 0 Å². The number of aromatic carboxylic acids is 1. The number of hydrogen-bond acceptors (Lipinski definition) is 4. The Balaban J connectivity index is 2.01. The van der Waals surface area contributed by atoms with Crippen molar-refractivity contribution in [2.75, 3.05) is 11.9 Å². The van der Waals surface area contributed by atoms with Gasteiger partial charge < -0.3 is 10.4 Å². The van der Waals surface area contributed by atoms with Crippen LogP contribution in [0.3, 0.4) is 0 Å². The lowest BCUT2D eigenvalue weighted by molar-refractivity contribution is 0.0697. The first-order chi connectivity index (χ1) is 8.09. The molecule has 17 heavy (non-hydrogen) atoms. The lowest BCUT2D eigenvalue weighted by Crippen LogP contribution is -2.17. The molecule has 1 aromatic heterocycles. The number of carboxylic acid groups (broad SMARTS) is 1. The number of nitrogens with zero attached hydrogens (tertiary/aromatic N) is 1. The second-order valence-electron chi connectivity index (χ2n) is 4.83. The third-order valence-electron chi connectivity index (χ3n) is 3.64. The largest absolute Gasteiger partial charge is 0.478 e. The smallest absolute Gasteiger partial charge is 0.340 e.